The first-order valence-electron chi connectivity index (χ1n) is 4.04. The highest BCUT2D eigenvalue weighted by atomic mass is 28.1. The van der Waals surface area contributed by atoms with Crippen molar-refractivity contribution >= 4 is 10.2 Å². The first-order valence-corrected chi connectivity index (χ1v) is 5.19. The number of nitrogens with zero attached hydrogens (tertiary/aromatic N) is 2. The summed E-state index contributed by atoms with van der Waals surface area (Å²) in [4.78, 5) is 4.35. The summed E-state index contributed by atoms with van der Waals surface area (Å²) in [5.74, 6) is 0. The summed E-state index contributed by atoms with van der Waals surface area (Å²) in [6, 6.07) is 0. The summed E-state index contributed by atoms with van der Waals surface area (Å²) in [5.41, 5.74) is 0.657. The minimum absolute atomic E-state index is 0.363. The van der Waals surface area contributed by atoms with Gasteiger partial charge in [0.25, 0.3) is 0 Å². The SMILES string of the molecule is CC([SiH3])NC(N(C)C)N(C)C. The van der Waals surface area contributed by atoms with Crippen LogP contribution in [0.2, 0.25) is 0 Å². The molecular weight excluding hydrogens is 154 g/mol. The zero-order chi connectivity index (χ0) is 9.02. The molecule has 0 aliphatic heterocycles. The summed E-state index contributed by atoms with van der Waals surface area (Å²) in [6.07, 6.45) is 0.363. The summed E-state index contributed by atoms with van der Waals surface area (Å²) >= 11 is 0. The lowest BCUT2D eigenvalue weighted by atomic mass is 10.6. The zero-order valence-electron chi connectivity index (χ0n) is 8.55. The highest BCUT2D eigenvalue weighted by Gasteiger charge is 2.13. The predicted molar refractivity (Wildman–Crippen MR) is 53.7 cm³/mol. The molecule has 0 amide bonds. The van der Waals surface area contributed by atoms with Crippen molar-refractivity contribution in [1.82, 2.24) is 15.1 Å². The van der Waals surface area contributed by atoms with Crippen molar-refractivity contribution in [2.75, 3.05) is 28.2 Å². The van der Waals surface area contributed by atoms with Crippen LogP contribution in [0.4, 0.5) is 0 Å². The molecule has 0 saturated heterocycles. The van der Waals surface area contributed by atoms with E-state index in [1.54, 1.807) is 0 Å². The van der Waals surface area contributed by atoms with Gasteiger partial charge in [-0.3, -0.25) is 15.1 Å². The van der Waals surface area contributed by atoms with Crippen molar-refractivity contribution in [3.63, 3.8) is 0 Å². The van der Waals surface area contributed by atoms with Crippen molar-refractivity contribution in [3.8, 4) is 0 Å². The van der Waals surface area contributed by atoms with Crippen LogP contribution in [0.15, 0.2) is 0 Å². The molecule has 68 valence electrons. The van der Waals surface area contributed by atoms with E-state index in [1.165, 1.54) is 10.2 Å². The Kier molecular flexibility index (Phi) is 4.91. The van der Waals surface area contributed by atoms with Crippen molar-refractivity contribution in [1.29, 1.82) is 0 Å². The molecular formula is C7H21N3Si. The van der Waals surface area contributed by atoms with Gasteiger partial charge >= 0.3 is 0 Å². The van der Waals surface area contributed by atoms with Crippen LogP contribution in [0.5, 0.6) is 0 Å². The van der Waals surface area contributed by atoms with E-state index in [0.717, 1.165) is 0 Å². The van der Waals surface area contributed by atoms with Crippen molar-refractivity contribution in [2.45, 2.75) is 18.9 Å². The molecule has 0 radical (unpaired) electrons. The normalized spacial score (nSPS) is 15.3. The average molecular weight is 175 g/mol. The van der Waals surface area contributed by atoms with Gasteiger partial charge in [0.2, 0.25) is 0 Å². The van der Waals surface area contributed by atoms with Crippen molar-refractivity contribution < 1.29 is 0 Å². The van der Waals surface area contributed by atoms with Crippen molar-refractivity contribution in [2.24, 2.45) is 0 Å². The van der Waals surface area contributed by atoms with Gasteiger partial charge in [0, 0.05) is 10.2 Å². The quantitative estimate of drug-likeness (QED) is 0.423. The fourth-order valence-corrected chi connectivity index (χ4v) is 1.36. The Labute approximate surface area is 73.2 Å². The van der Waals surface area contributed by atoms with Gasteiger partial charge < -0.3 is 0 Å². The highest BCUT2D eigenvalue weighted by molar-refractivity contribution is 6.11. The van der Waals surface area contributed by atoms with Crippen LogP contribution in [0, 0.1) is 0 Å². The molecule has 0 aromatic carbocycles. The molecule has 3 nitrogen and oxygen atoms in total. The lowest BCUT2D eigenvalue weighted by Gasteiger charge is -2.32. The maximum absolute atomic E-state index is 3.49. The summed E-state index contributed by atoms with van der Waals surface area (Å²) in [7, 11) is 9.53. The Morgan fingerprint density at radius 2 is 1.45 bits per heavy atom. The van der Waals surface area contributed by atoms with Crippen molar-refractivity contribution in [3.05, 3.63) is 0 Å². The molecule has 0 aliphatic rings. The topological polar surface area (TPSA) is 18.5 Å². The predicted octanol–water partition coefficient (Wildman–Crippen LogP) is -1.31. The molecule has 0 aromatic rings. The van der Waals surface area contributed by atoms with Crippen LogP contribution in [-0.2, 0) is 0 Å². The van der Waals surface area contributed by atoms with Gasteiger partial charge in [0.1, 0.15) is 6.29 Å². The molecule has 0 heterocycles. The van der Waals surface area contributed by atoms with Gasteiger partial charge in [0.05, 0.1) is 0 Å². The first-order chi connectivity index (χ1) is 4.95. The third-order valence-electron chi connectivity index (χ3n) is 1.46. The second-order valence-electron chi connectivity index (χ2n) is 3.62. The van der Waals surface area contributed by atoms with Gasteiger partial charge in [-0.2, -0.15) is 0 Å². The summed E-state index contributed by atoms with van der Waals surface area (Å²) < 4.78 is 0. The molecule has 0 aromatic heterocycles. The van der Waals surface area contributed by atoms with Gasteiger partial charge in [-0.15, -0.1) is 0 Å². The Bertz CT molecular complexity index is 95.9. The lowest BCUT2D eigenvalue weighted by molar-refractivity contribution is 0.0936. The third-order valence-corrected chi connectivity index (χ3v) is 1.79. The number of hydrogen-bond donors (Lipinski definition) is 1. The molecule has 11 heavy (non-hydrogen) atoms. The van der Waals surface area contributed by atoms with Crippen LogP contribution >= 0.6 is 0 Å². The third kappa shape index (κ3) is 4.52. The Balaban J connectivity index is 3.90. The number of hydrogen-bond acceptors (Lipinski definition) is 3. The molecule has 0 spiro atoms. The highest BCUT2D eigenvalue weighted by Crippen LogP contribution is 1.92. The lowest BCUT2D eigenvalue weighted by Crippen LogP contribution is -2.54. The first kappa shape index (κ1) is 11.1. The Morgan fingerprint density at radius 1 is 1.09 bits per heavy atom. The summed E-state index contributed by atoms with van der Waals surface area (Å²) in [6.45, 7) is 2.21. The molecule has 0 aliphatic carbocycles. The fourth-order valence-electron chi connectivity index (χ4n) is 1.06. The van der Waals surface area contributed by atoms with E-state index >= 15 is 0 Å². The fraction of sp³-hybridized carbons (Fsp3) is 1.00. The molecule has 0 fully saturated rings. The van der Waals surface area contributed by atoms with E-state index < -0.39 is 0 Å². The van der Waals surface area contributed by atoms with E-state index in [9.17, 15) is 0 Å². The van der Waals surface area contributed by atoms with Crippen LogP contribution in [-0.4, -0.2) is 60.2 Å². The maximum atomic E-state index is 3.49. The number of rotatable bonds is 4. The molecule has 0 rings (SSSR count). The van der Waals surface area contributed by atoms with E-state index in [1.807, 2.05) is 0 Å². The monoisotopic (exact) mass is 175 g/mol. The van der Waals surface area contributed by atoms with Crippen LogP contribution in [0.25, 0.3) is 0 Å². The molecule has 1 N–H and O–H groups in total. The second kappa shape index (κ2) is 4.87. The van der Waals surface area contributed by atoms with Gasteiger partial charge in [-0.05, 0) is 33.9 Å². The smallest absolute Gasteiger partial charge is 0.116 e. The van der Waals surface area contributed by atoms with E-state index in [4.69, 9.17) is 0 Å². The molecule has 1 atom stereocenters. The van der Waals surface area contributed by atoms with E-state index in [2.05, 4.69) is 50.2 Å². The van der Waals surface area contributed by atoms with Gasteiger partial charge in [-0.25, -0.2) is 0 Å². The van der Waals surface area contributed by atoms with Crippen LogP contribution < -0.4 is 5.32 Å². The minimum Gasteiger partial charge on any atom is -0.290 e. The van der Waals surface area contributed by atoms with E-state index in [0.29, 0.717) is 12.0 Å². The van der Waals surface area contributed by atoms with Crippen LogP contribution in [0.3, 0.4) is 0 Å². The second-order valence-corrected chi connectivity index (χ2v) is 5.35. The van der Waals surface area contributed by atoms with Gasteiger partial charge in [0.15, 0.2) is 0 Å². The molecule has 0 saturated carbocycles. The Morgan fingerprint density at radius 3 is 1.55 bits per heavy atom. The van der Waals surface area contributed by atoms with E-state index in [-0.39, 0.29) is 0 Å². The summed E-state index contributed by atoms with van der Waals surface area (Å²) in [5, 5.41) is 3.49. The molecule has 1 unspecified atom stereocenters. The molecule has 0 bridgehead atoms. The average Bonchev–Trinajstić information content (AvgIpc) is 1.81. The largest absolute Gasteiger partial charge is 0.290 e. The Hall–Kier alpha value is 0.0969. The zero-order valence-corrected chi connectivity index (χ0v) is 10.5. The standard InChI is InChI=1S/C7H21N3Si/c1-6(11)8-7(9(2)3)10(4)5/h6-8H,1-5,11H3. The minimum atomic E-state index is 0.363. The van der Waals surface area contributed by atoms with Crippen LogP contribution in [0.1, 0.15) is 6.92 Å². The molecule has 4 heteroatoms. The number of nitrogens with one attached hydrogen (secondary N) is 1. The van der Waals surface area contributed by atoms with Gasteiger partial charge in [-0.1, -0.05) is 6.92 Å². The maximum Gasteiger partial charge on any atom is 0.116 e.